The summed E-state index contributed by atoms with van der Waals surface area (Å²) in [6.45, 7) is 1.49. The van der Waals surface area contributed by atoms with Gasteiger partial charge in [0.05, 0.1) is 9.95 Å². The molecule has 0 fully saturated rings. The van der Waals surface area contributed by atoms with Crippen molar-refractivity contribution in [2.24, 2.45) is 0 Å². The van der Waals surface area contributed by atoms with Crippen LogP contribution in [0.2, 0.25) is 10.0 Å². The van der Waals surface area contributed by atoms with Gasteiger partial charge in [-0.15, -0.1) is 0 Å². The number of hydrogen-bond acceptors (Lipinski definition) is 5. The number of nitro benzene ring substituents is 1. The molecule has 0 radical (unpaired) electrons. The summed E-state index contributed by atoms with van der Waals surface area (Å²) in [6.07, 6.45) is -0.943. The van der Waals surface area contributed by atoms with Crippen molar-refractivity contribution in [2.75, 3.05) is 0 Å². The van der Waals surface area contributed by atoms with E-state index in [0.717, 1.165) is 0 Å². The van der Waals surface area contributed by atoms with E-state index in [1.54, 1.807) is 18.2 Å². The molecule has 1 unspecified atom stereocenters. The van der Waals surface area contributed by atoms with E-state index in [-0.39, 0.29) is 22.2 Å². The minimum absolute atomic E-state index is 0.0974. The van der Waals surface area contributed by atoms with Gasteiger partial charge < -0.3 is 9.47 Å². The first-order chi connectivity index (χ1) is 10.9. The minimum atomic E-state index is -0.943. The van der Waals surface area contributed by atoms with E-state index in [1.165, 1.54) is 31.2 Å². The summed E-state index contributed by atoms with van der Waals surface area (Å²) in [4.78, 5) is 22.0. The number of hydrogen-bond donors (Lipinski definition) is 0. The Labute approximate surface area is 141 Å². The van der Waals surface area contributed by atoms with E-state index in [0.29, 0.717) is 5.02 Å². The van der Waals surface area contributed by atoms with Crippen LogP contribution in [0.3, 0.4) is 0 Å². The highest BCUT2D eigenvalue weighted by Crippen LogP contribution is 2.32. The van der Waals surface area contributed by atoms with Crippen LogP contribution in [0.4, 0.5) is 5.69 Å². The van der Waals surface area contributed by atoms with Crippen LogP contribution in [-0.4, -0.2) is 17.0 Å². The van der Waals surface area contributed by atoms with E-state index in [4.69, 9.17) is 32.7 Å². The average Bonchev–Trinajstić information content (AvgIpc) is 2.52. The molecule has 0 heterocycles. The zero-order valence-corrected chi connectivity index (χ0v) is 13.4. The maximum absolute atomic E-state index is 12.0. The molecule has 0 aliphatic carbocycles. The Hall–Kier alpha value is -2.31. The van der Waals surface area contributed by atoms with Crippen molar-refractivity contribution in [1.29, 1.82) is 0 Å². The number of carbonyl (C=O) groups is 1. The summed E-state index contributed by atoms with van der Waals surface area (Å²) in [6, 6.07) is 9.94. The van der Waals surface area contributed by atoms with Crippen LogP contribution in [-0.2, 0) is 4.79 Å². The molecule has 0 spiro atoms. The van der Waals surface area contributed by atoms with Crippen LogP contribution < -0.4 is 9.47 Å². The van der Waals surface area contributed by atoms with Crippen LogP contribution >= 0.6 is 23.2 Å². The fraction of sp³-hybridized carbons (Fsp3) is 0.133. The average molecular weight is 356 g/mol. The third-order valence-corrected chi connectivity index (χ3v) is 3.62. The molecule has 1 atom stereocenters. The number of benzene rings is 2. The largest absolute Gasteiger partial charge is 0.477 e. The van der Waals surface area contributed by atoms with Crippen molar-refractivity contribution in [3.8, 4) is 11.5 Å². The number of halogens is 2. The number of carbonyl (C=O) groups excluding carboxylic acids is 1. The molecular formula is C15H11Cl2NO5. The highest BCUT2D eigenvalue weighted by atomic mass is 35.5. The van der Waals surface area contributed by atoms with Crippen molar-refractivity contribution in [3.05, 3.63) is 62.6 Å². The molecule has 0 amide bonds. The van der Waals surface area contributed by atoms with Gasteiger partial charge in [-0.25, -0.2) is 4.79 Å². The molecule has 0 saturated heterocycles. The summed E-state index contributed by atoms with van der Waals surface area (Å²) < 4.78 is 10.5. The van der Waals surface area contributed by atoms with Crippen LogP contribution in [0.15, 0.2) is 42.5 Å². The number of esters is 1. The maximum Gasteiger partial charge on any atom is 0.352 e. The summed E-state index contributed by atoms with van der Waals surface area (Å²) in [7, 11) is 0. The van der Waals surface area contributed by atoms with Crippen molar-refractivity contribution in [1.82, 2.24) is 0 Å². The lowest BCUT2D eigenvalue weighted by Crippen LogP contribution is -2.28. The lowest BCUT2D eigenvalue weighted by atomic mass is 10.3. The molecule has 0 N–H and O–H groups in total. The zero-order valence-electron chi connectivity index (χ0n) is 11.9. The van der Waals surface area contributed by atoms with Crippen LogP contribution in [0.1, 0.15) is 6.92 Å². The van der Waals surface area contributed by atoms with Crippen molar-refractivity contribution in [3.63, 3.8) is 0 Å². The SMILES string of the molecule is CC(Oc1cccc(Cl)c1Cl)C(=O)Oc1ccc([N+](=O)[O-])cc1. The predicted molar refractivity (Wildman–Crippen MR) is 85.3 cm³/mol. The molecule has 0 aliphatic heterocycles. The molecule has 8 heteroatoms. The standard InChI is InChI=1S/C15H11Cl2NO5/c1-9(22-13-4-2-3-12(16)14(13)17)15(19)23-11-7-5-10(6-8-11)18(20)21/h2-9H,1H3. The number of nitro groups is 1. The highest BCUT2D eigenvalue weighted by Gasteiger charge is 2.19. The normalized spacial score (nSPS) is 11.6. The number of rotatable bonds is 5. The van der Waals surface area contributed by atoms with E-state index >= 15 is 0 Å². The molecule has 6 nitrogen and oxygen atoms in total. The Morgan fingerprint density at radius 1 is 1.17 bits per heavy atom. The predicted octanol–water partition coefficient (Wildman–Crippen LogP) is 4.27. The van der Waals surface area contributed by atoms with Crippen molar-refractivity contribution >= 4 is 34.9 Å². The van der Waals surface area contributed by atoms with Crippen molar-refractivity contribution < 1.29 is 19.2 Å². The summed E-state index contributed by atoms with van der Waals surface area (Å²) >= 11 is 11.8. The summed E-state index contributed by atoms with van der Waals surface area (Å²) in [5.41, 5.74) is -0.0974. The molecule has 23 heavy (non-hydrogen) atoms. The molecule has 0 aromatic heterocycles. The van der Waals surface area contributed by atoms with Gasteiger partial charge in [0.2, 0.25) is 0 Å². The Kier molecular flexibility index (Phi) is 5.41. The monoisotopic (exact) mass is 355 g/mol. The molecule has 2 rings (SSSR count). The lowest BCUT2D eigenvalue weighted by molar-refractivity contribution is -0.384. The third kappa shape index (κ3) is 4.34. The van der Waals surface area contributed by atoms with Gasteiger partial charge in [-0.2, -0.15) is 0 Å². The van der Waals surface area contributed by atoms with E-state index in [1.807, 2.05) is 0 Å². The Balaban J connectivity index is 2.02. The highest BCUT2D eigenvalue weighted by molar-refractivity contribution is 6.42. The maximum atomic E-state index is 12.0. The van der Waals surface area contributed by atoms with Crippen molar-refractivity contribution in [2.45, 2.75) is 13.0 Å². The van der Waals surface area contributed by atoms with Gasteiger partial charge in [-0.05, 0) is 31.2 Å². The second-order valence-corrected chi connectivity index (χ2v) is 5.27. The van der Waals surface area contributed by atoms with Crippen LogP contribution in [0.25, 0.3) is 0 Å². The second kappa shape index (κ2) is 7.30. The Bertz CT molecular complexity index is 733. The first-order valence-electron chi connectivity index (χ1n) is 6.45. The minimum Gasteiger partial charge on any atom is -0.477 e. The van der Waals surface area contributed by atoms with Crippen LogP contribution in [0.5, 0.6) is 11.5 Å². The van der Waals surface area contributed by atoms with Gasteiger partial charge in [0.1, 0.15) is 16.5 Å². The Morgan fingerprint density at radius 2 is 1.83 bits per heavy atom. The topological polar surface area (TPSA) is 78.7 Å². The number of ether oxygens (including phenoxy) is 2. The van der Waals surface area contributed by atoms with Gasteiger partial charge in [0, 0.05) is 12.1 Å². The molecule has 0 aliphatic rings. The van der Waals surface area contributed by atoms with Gasteiger partial charge >= 0.3 is 5.97 Å². The van der Waals surface area contributed by atoms with Gasteiger partial charge in [0.25, 0.3) is 5.69 Å². The fourth-order valence-corrected chi connectivity index (χ4v) is 1.99. The summed E-state index contributed by atoms with van der Waals surface area (Å²) in [5.74, 6) is -0.240. The smallest absolute Gasteiger partial charge is 0.352 e. The first-order valence-corrected chi connectivity index (χ1v) is 7.21. The quantitative estimate of drug-likeness (QED) is 0.346. The van der Waals surface area contributed by atoms with E-state index in [2.05, 4.69) is 0 Å². The van der Waals surface area contributed by atoms with Crippen LogP contribution in [0, 0.1) is 10.1 Å². The van der Waals surface area contributed by atoms with Gasteiger partial charge in [0.15, 0.2) is 6.10 Å². The number of non-ortho nitro benzene ring substituents is 1. The number of nitrogens with zero attached hydrogens (tertiary/aromatic N) is 1. The molecule has 0 bridgehead atoms. The first kappa shape index (κ1) is 17.1. The molecular weight excluding hydrogens is 345 g/mol. The van der Waals surface area contributed by atoms with E-state index in [9.17, 15) is 14.9 Å². The second-order valence-electron chi connectivity index (χ2n) is 4.48. The molecule has 2 aromatic carbocycles. The van der Waals surface area contributed by atoms with E-state index < -0.39 is 17.0 Å². The van der Waals surface area contributed by atoms with Gasteiger partial charge in [-0.1, -0.05) is 29.3 Å². The Morgan fingerprint density at radius 3 is 2.43 bits per heavy atom. The lowest BCUT2D eigenvalue weighted by Gasteiger charge is -2.15. The third-order valence-electron chi connectivity index (χ3n) is 2.82. The molecule has 2 aromatic rings. The fourth-order valence-electron chi connectivity index (χ4n) is 1.65. The zero-order chi connectivity index (χ0) is 17.0. The molecule has 120 valence electrons. The molecule has 0 saturated carbocycles. The van der Waals surface area contributed by atoms with Gasteiger partial charge in [-0.3, -0.25) is 10.1 Å². The summed E-state index contributed by atoms with van der Waals surface area (Å²) in [5, 5.41) is 11.1.